The minimum Gasteiger partial charge on any atom is -0.492 e. The van der Waals surface area contributed by atoms with Gasteiger partial charge >= 0.3 is 0 Å². The van der Waals surface area contributed by atoms with Gasteiger partial charge in [0.05, 0.1) is 43.3 Å². The van der Waals surface area contributed by atoms with Gasteiger partial charge in [0, 0.05) is 36.5 Å². The molecule has 3 aromatic carbocycles. The van der Waals surface area contributed by atoms with E-state index in [2.05, 4.69) is 55.3 Å². The summed E-state index contributed by atoms with van der Waals surface area (Å²) < 4.78 is 6.70. The topological polar surface area (TPSA) is 80.3 Å². The van der Waals surface area contributed by atoms with E-state index in [0.717, 1.165) is 29.0 Å². The molecule has 0 spiro atoms. The molecule has 0 amide bonds. The molecule has 3 rings (SSSR count). The normalized spacial score (nSPS) is 11.6. The number of rotatable bonds is 10. The van der Waals surface area contributed by atoms with Crippen molar-refractivity contribution in [3.05, 3.63) is 81.9 Å². The smallest absolute Gasteiger partial charge is 0.271 e. The molecule has 0 saturated heterocycles. The van der Waals surface area contributed by atoms with Crippen molar-refractivity contribution in [1.82, 2.24) is 4.48 Å². The number of azo groups is 1. The van der Waals surface area contributed by atoms with Gasteiger partial charge in [0.15, 0.2) is 0 Å². The monoisotopic (exact) mass is 482 g/mol. The number of ether oxygens (including phenoxy) is 1. The predicted octanol–water partition coefficient (Wildman–Crippen LogP) is 6.77. The van der Waals surface area contributed by atoms with Crippen LogP contribution < -0.4 is 14.1 Å². The molecule has 0 atom stereocenters. The first-order valence-corrected chi connectivity index (χ1v) is 11.3. The number of nitrogens with zero attached hydrogens (tertiary/aromatic N) is 5. The van der Waals surface area contributed by atoms with Crippen LogP contribution in [-0.2, 0) is 0 Å². The molecule has 8 nitrogen and oxygen atoms in total. The van der Waals surface area contributed by atoms with Crippen molar-refractivity contribution in [3.63, 3.8) is 0 Å². The summed E-state index contributed by atoms with van der Waals surface area (Å²) in [5, 5.41) is 19.3. The van der Waals surface area contributed by atoms with Gasteiger partial charge < -0.3 is 9.64 Å². The van der Waals surface area contributed by atoms with Gasteiger partial charge in [-0.1, -0.05) is 11.6 Å². The Morgan fingerprint density at radius 1 is 1.00 bits per heavy atom. The summed E-state index contributed by atoms with van der Waals surface area (Å²) in [7, 11) is 6.39. The second-order valence-corrected chi connectivity index (χ2v) is 8.95. The zero-order valence-electron chi connectivity index (χ0n) is 19.8. The van der Waals surface area contributed by atoms with Crippen LogP contribution in [0.4, 0.5) is 28.4 Å². The Morgan fingerprint density at radius 2 is 1.68 bits per heavy atom. The number of nitro groups is 1. The van der Waals surface area contributed by atoms with Gasteiger partial charge in [0.2, 0.25) is 0 Å². The van der Waals surface area contributed by atoms with Crippen LogP contribution in [-0.4, -0.2) is 45.8 Å². The molecule has 0 saturated carbocycles. The maximum absolute atomic E-state index is 10.8. The number of nitro benzene ring substituents is 1. The van der Waals surface area contributed by atoms with E-state index in [1.165, 1.54) is 23.9 Å². The highest BCUT2D eigenvalue weighted by Gasteiger charge is 2.12. The molecule has 0 bridgehead atoms. The molecule has 0 radical (unpaired) electrons. The second-order valence-electron chi connectivity index (χ2n) is 8.54. The highest BCUT2D eigenvalue weighted by Crippen LogP contribution is 2.30. The molecule has 9 heteroatoms. The van der Waals surface area contributed by atoms with Crippen molar-refractivity contribution in [2.24, 2.45) is 10.2 Å². The first kappa shape index (κ1) is 25.1. The molecule has 3 aromatic rings. The van der Waals surface area contributed by atoms with Gasteiger partial charge in [-0.25, -0.2) is 0 Å². The van der Waals surface area contributed by atoms with Crippen molar-refractivity contribution < 1.29 is 9.66 Å². The lowest BCUT2D eigenvalue weighted by atomic mass is 10.2. The highest BCUT2D eigenvalue weighted by atomic mass is 35.5. The summed E-state index contributed by atoms with van der Waals surface area (Å²) >= 11 is 6.07. The third kappa shape index (κ3) is 6.76. The SMILES string of the molecule is CCN(CCOc1ccc([N+](C)(C)C)cc1)c1ccc(N=Nc2ccc([N+](=O)[O-])cc2Cl)cc1. The van der Waals surface area contributed by atoms with Gasteiger partial charge in [-0.05, 0) is 49.4 Å². The van der Waals surface area contributed by atoms with E-state index in [1.54, 1.807) is 0 Å². The Hall–Kier alpha value is -3.49. The van der Waals surface area contributed by atoms with Crippen molar-refractivity contribution in [3.8, 4) is 5.75 Å². The van der Waals surface area contributed by atoms with Crippen LogP contribution in [0.1, 0.15) is 6.92 Å². The molecular formula is C25H29ClN5O3+. The Kier molecular flexibility index (Phi) is 8.20. The van der Waals surface area contributed by atoms with Crippen molar-refractivity contribution in [2.45, 2.75) is 6.92 Å². The van der Waals surface area contributed by atoms with Gasteiger partial charge in [-0.2, -0.15) is 5.11 Å². The predicted molar refractivity (Wildman–Crippen MR) is 138 cm³/mol. The van der Waals surface area contributed by atoms with Crippen LogP contribution in [0.5, 0.6) is 5.75 Å². The quantitative estimate of drug-likeness (QED) is 0.138. The Morgan fingerprint density at radius 3 is 2.24 bits per heavy atom. The number of benzene rings is 3. The molecule has 0 N–H and O–H groups in total. The summed E-state index contributed by atoms with van der Waals surface area (Å²) in [4.78, 5) is 12.5. The van der Waals surface area contributed by atoms with Crippen LogP contribution in [0.2, 0.25) is 5.02 Å². The van der Waals surface area contributed by atoms with E-state index in [4.69, 9.17) is 16.3 Å². The van der Waals surface area contributed by atoms with Crippen LogP contribution in [0.15, 0.2) is 77.0 Å². The summed E-state index contributed by atoms with van der Waals surface area (Å²) in [5.41, 5.74) is 3.22. The van der Waals surface area contributed by atoms with Crippen molar-refractivity contribution >= 4 is 40.0 Å². The van der Waals surface area contributed by atoms with Crippen molar-refractivity contribution in [2.75, 3.05) is 45.7 Å². The zero-order valence-corrected chi connectivity index (χ0v) is 20.6. The third-order valence-corrected chi connectivity index (χ3v) is 5.56. The lowest BCUT2D eigenvalue weighted by Crippen LogP contribution is -2.34. The van der Waals surface area contributed by atoms with Crippen LogP contribution in [0.3, 0.4) is 0 Å². The first-order chi connectivity index (χ1) is 16.2. The molecule has 0 aliphatic heterocycles. The summed E-state index contributed by atoms with van der Waals surface area (Å²) in [5.74, 6) is 0.855. The maximum Gasteiger partial charge on any atom is 0.271 e. The largest absolute Gasteiger partial charge is 0.492 e. The number of quaternary nitrogens is 1. The molecule has 0 aromatic heterocycles. The minimum absolute atomic E-state index is 0.0851. The highest BCUT2D eigenvalue weighted by molar-refractivity contribution is 6.33. The average Bonchev–Trinajstić information content (AvgIpc) is 2.81. The fourth-order valence-corrected chi connectivity index (χ4v) is 3.48. The Labute approximate surface area is 204 Å². The number of hydrogen-bond donors (Lipinski definition) is 0. The van der Waals surface area contributed by atoms with Crippen LogP contribution in [0.25, 0.3) is 0 Å². The lowest BCUT2D eigenvalue weighted by molar-refractivity contribution is -0.384. The van der Waals surface area contributed by atoms with Crippen LogP contribution in [0, 0.1) is 10.1 Å². The molecule has 0 aliphatic rings. The van der Waals surface area contributed by atoms with E-state index in [0.29, 0.717) is 18.0 Å². The molecular weight excluding hydrogens is 454 g/mol. The summed E-state index contributed by atoms with van der Waals surface area (Å²) in [6.45, 7) is 4.24. The molecule has 0 fully saturated rings. The molecule has 0 aliphatic carbocycles. The summed E-state index contributed by atoms with van der Waals surface area (Å²) in [6, 6.07) is 20.0. The van der Waals surface area contributed by atoms with E-state index in [1.807, 2.05) is 36.4 Å². The molecule has 34 heavy (non-hydrogen) atoms. The van der Waals surface area contributed by atoms with E-state index < -0.39 is 4.92 Å². The third-order valence-electron chi connectivity index (χ3n) is 5.25. The van der Waals surface area contributed by atoms with Gasteiger partial charge in [-0.3, -0.25) is 14.6 Å². The minimum atomic E-state index is -0.502. The number of non-ortho nitro benzene ring substituents is 1. The van der Waals surface area contributed by atoms with Gasteiger partial charge in [-0.15, -0.1) is 5.11 Å². The fourth-order valence-electron chi connectivity index (χ4n) is 3.27. The van der Waals surface area contributed by atoms with E-state index in [9.17, 15) is 10.1 Å². The summed E-state index contributed by atoms with van der Waals surface area (Å²) in [6.07, 6.45) is 0. The standard InChI is InChI=1S/C25H29ClN5O3/c1-5-29(16-17-34-23-13-11-22(12-14-23)31(2,3)4)20-8-6-19(7-9-20)27-28-25-15-10-21(30(32)33)18-24(25)26/h6-15,18H,5,16-17H2,1-4H3/q+1. The Bertz CT molecular complexity index is 1140. The zero-order chi connectivity index (χ0) is 24.7. The van der Waals surface area contributed by atoms with Crippen LogP contribution >= 0.6 is 11.6 Å². The lowest BCUT2D eigenvalue weighted by Gasteiger charge is -2.24. The van der Waals surface area contributed by atoms with Gasteiger partial charge in [0.1, 0.15) is 23.7 Å². The second kappa shape index (κ2) is 11.1. The number of halogens is 1. The van der Waals surface area contributed by atoms with Crippen molar-refractivity contribution in [1.29, 1.82) is 0 Å². The number of anilines is 1. The molecule has 0 heterocycles. The maximum atomic E-state index is 10.8. The average molecular weight is 483 g/mol. The van der Waals surface area contributed by atoms with Gasteiger partial charge in [0.25, 0.3) is 5.69 Å². The first-order valence-electron chi connectivity index (χ1n) is 10.9. The Balaban J connectivity index is 1.57. The molecule has 178 valence electrons. The van der Waals surface area contributed by atoms with E-state index >= 15 is 0 Å². The number of hydrogen-bond acceptors (Lipinski definition) is 6. The number of likely N-dealkylation sites (N-methyl/N-ethyl adjacent to an activating group) is 1. The molecule has 0 unspecified atom stereocenters. The fraction of sp³-hybridized carbons (Fsp3) is 0.280. The van der Waals surface area contributed by atoms with E-state index in [-0.39, 0.29) is 10.7 Å².